The Hall–Kier alpha value is -0.220. The van der Waals surface area contributed by atoms with Crippen LogP contribution >= 0.6 is 0 Å². The molecule has 13 heavy (non-hydrogen) atoms. The van der Waals surface area contributed by atoms with E-state index >= 15 is 0 Å². The van der Waals surface area contributed by atoms with E-state index in [1.54, 1.807) is 0 Å². The van der Waals surface area contributed by atoms with Gasteiger partial charge in [0.25, 0.3) is 0 Å². The van der Waals surface area contributed by atoms with Crippen molar-refractivity contribution in [2.24, 2.45) is 11.1 Å². The Morgan fingerprint density at radius 1 is 1.38 bits per heavy atom. The van der Waals surface area contributed by atoms with Crippen molar-refractivity contribution in [3.63, 3.8) is 0 Å². The summed E-state index contributed by atoms with van der Waals surface area (Å²) in [6.45, 7) is 4.42. The molecule has 0 heterocycles. The van der Waals surface area contributed by atoms with E-state index in [4.69, 9.17) is 10.5 Å². The Labute approximate surface area is 77.4 Å². The monoisotopic (exact) mass is 193 g/mol. The lowest BCUT2D eigenvalue weighted by Gasteiger charge is -2.46. The van der Waals surface area contributed by atoms with Gasteiger partial charge in [0, 0.05) is 24.8 Å². The van der Waals surface area contributed by atoms with E-state index in [0.717, 1.165) is 0 Å². The summed E-state index contributed by atoms with van der Waals surface area (Å²) in [5.74, 6) is -2.51. The zero-order chi connectivity index (χ0) is 10.1. The van der Waals surface area contributed by atoms with Crippen LogP contribution in [-0.4, -0.2) is 25.2 Å². The Bertz CT molecular complexity index is 174. The van der Waals surface area contributed by atoms with Gasteiger partial charge >= 0.3 is 0 Å². The molecule has 0 radical (unpaired) electrons. The molecule has 0 aliphatic heterocycles. The Morgan fingerprint density at radius 3 is 2.23 bits per heavy atom. The van der Waals surface area contributed by atoms with Crippen molar-refractivity contribution in [3.05, 3.63) is 0 Å². The topological polar surface area (TPSA) is 35.2 Å². The molecule has 2 nitrogen and oxygen atoms in total. The van der Waals surface area contributed by atoms with Gasteiger partial charge in [-0.1, -0.05) is 0 Å². The van der Waals surface area contributed by atoms with Crippen LogP contribution in [0.3, 0.4) is 0 Å². The zero-order valence-corrected chi connectivity index (χ0v) is 8.15. The van der Waals surface area contributed by atoms with E-state index in [1.165, 1.54) is 0 Å². The Morgan fingerprint density at radius 2 is 1.92 bits per heavy atom. The van der Waals surface area contributed by atoms with E-state index in [1.807, 2.05) is 13.8 Å². The van der Waals surface area contributed by atoms with Crippen molar-refractivity contribution >= 4 is 0 Å². The molecule has 1 rings (SSSR count). The van der Waals surface area contributed by atoms with E-state index in [2.05, 4.69) is 0 Å². The highest BCUT2D eigenvalue weighted by Crippen LogP contribution is 2.51. The van der Waals surface area contributed by atoms with Crippen LogP contribution in [0.2, 0.25) is 0 Å². The van der Waals surface area contributed by atoms with E-state index in [-0.39, 0.29) is 25.5 Å². The summed E-state index contributed by atoms with van der Waals surface area (Å²) in [5.41, 5.74) is 5.00. The second-order valence-electron chi connectivity index (χ2n) is 4.27. The number of rotatable bonds is 4. The molecule has 4 heteroatoms. The molecule has 1 fully saturated rings. The first-order valence-corrected chi connectivity index (χ1v) is 4.59. The summed E-state index contributed by atoms with van der Waals surface area (Å²) < 4.78 is 30.6. The molecule has 0 spiro atoms. The zero-order valence-electron chi connectivity index (χ0n) is 8.15. The molecule has 0 unspecified atom stereocenters. The number of hydrogen-bond donors (Lipinski definition) is 1. The first-order chi connectivity index (χ1) is 5.89. The standard InChI is InChI=1S/C9H17F2NO/c1-7(2)13-6-8(5-12)3-9(10,11)4-8/h7H,3-6,12H2,1-2H3. The molecule has 0 saturated heterocycles. The highest BCUT2D eigenvalue weighted by molar-refractivity contribution is 4.99. The molecule has 0 aromatic heterocycles. The molecule has 2 N–H and O–H groups in total. The van der Waals surface area contributed by atoms with Crippen LogP contribution in [0, 0.1) is 5.41 Å². The van der Waals surface area contributed by atoms with Gasteiger partial charge in [-0.05, 0) is 13.8 Å². The van der Waals surface area contributed by atoms with Crippen molar-refractivity contribution in [1.29, 1.82) is 0 Å². The maximum Gasteiger partial charge on any atom is 0.249 e. The lowest BCUT2D eigenvalue weighted by atomic mass is 9.66. The lowest BCUT2D eigenvalue weighted by molar-refractivity contribution is -0.183. The number of hydrogen-bond acceptors (Lipinski definition) is 2. The van der Waals surface area contributed by atoms with Gasteiger partial charge in [-0.15, -0.1) is 0 Å². The second kappa shape index (κ2) is 3.50. The Balaban J connectivity index is 2.37. The summed E-state index contributed by atoms with van der Waals surface area (Å²) in [6, 6.07) is 0. The SMILES string of the molecule is CC(C)OCC1(CN)CC(F)(F)C1. The van der Waals surface area contributed by atoms with Gasteiger partial charge in [-0.3, -0.25) is 0 Å². The highest BCUT2D eigenvalue weighted by Gasteiger charge is 2.55. The van der Waals surface area contributed by atoms with Crippen molar-refractivity contribution in [2.45, 2.75) is 38.7 Å². The second-order valence-corrected chi connectivity index (χ2v) is 4.27. The maximum absolute atomic E-state index is 12.6. The molecule has 1 aliphatic carbocycles. The van der Waals surface area contributed by atoms with Crippen molar-refractivity contribution in [1.82, 2.24) is 0 Å². The summed E-state index contributed by atoms with van der Waals surface area (Å²) in [5, 5.41) is 0. The number of nitrogens with two attached hydrogens (primary N) is 1. The van der Waals surface area contributed by atoms with Gasteiger partial charge < -0.3 is 10.5 Å². The number of ether oxygens (including phenoxy) is 1. The smallest absolute Gasteiger partial charge is 0.249 e. The molecule has 0 aromatic rings. The van der Waals surface area contributed by atoms with Crippen LogP contribution in [0.15, 0.2) is 0 Å². The van der Waals surface area contributed by atoms with Crippen molar-refractivity contribution in [3.8, 4) is 0 Å². The van der Waals surface area contributed by atoms with Crippen molar-refractivity contribution < 1.29 is 13.5 Å². The normalized spacial score (nSPS) is 24.5. The van der Waals surface area contributed by atoms with Gasteiger partial charge in [0.05, 0.1) is 12.7 Å². The average molecular weight is 193 g/mol. The van der Waals surface area contributed by atoms with E-state index in [9.17, 15) is 8.78 Å². The first kappa shape index (κ1) is 10.9. The minimum absolute atomic E-state index is 0.0812. The molecular formula is C9H17F2NO. The van der Waals surface area contributed by atoms with Gasteiger partial charge in [0.1, 0.15) is 0 Å². The summed E-state index contributed by atoms with van der Waals surface area (Å²) >= 11 is 0. The molecule has 0 bridgehead atoms. The molecule has 1 saturated carbocycles. The third-order valence-corrected chi connectivity index (χ3v) is 2.42. The van der Waals surface area contributed by atoms with Crippen LogP contribution in [0.1, 0.15) is 26.7 Å². The van der Waals surface area contributed by atoms with Gasteiger partial charge in [-0.2, -0.15) is 0 Å². The van der Waals surface area contributed by atoms with Crippen LogP contribution in [0.5, 0.6) is 0 Å². The fraction of sp³-hybridized carbons (Fsp3) is 1.00. The predicted octanol–water partition coefficient (Wildman–Crippen LogP) is 1.79. The van der Waals surface area contributed by atoms with Gasteiger partial charge in [0.2, 0.25) is 5.92 Å². The van der Waals surface area contributed by atoms with E-state index < -0.39 is 11.3 Å². The van der Waals surface area contributed by atoms with E-state index in [0.29, 0.717) is 6.61 Å². The maximum atomic E-state index is 12.6. The van der Waals surface area contributed by atoms with Crippen LogP contribution < -0.4 is 5.73 Å². The third-order valence-electron chi connectivity index (χ3n) is 2.42. The van der Waals surface area contributed by atoms with Crippen LogP contribution in [-0.2, 0) is 4.74 Å². The number of alkyl halides is 2. The van der Waals surface area contributed by atoms with Crippen LogP contribution in [0.4, 0.5) is 8.78 Å². The van der Waals surface area contributed by atoms with Gasteiger partial charge in [0.15, 0.2) is 0 Å². The molecular weight excluding hydrogens is 176 g/mol. The molecule has 78 valence electrons. The molecule has 1 aliphatic rings. The summed E-state index contributed by atoms with van der Waals surface area (Å²) in [4.78, 5) is 0. The van der Waals surface area contributed by atoms with Crippen LogP contribution in [0.25, 0.3) is 0 Å². The average Bonchev–Trinajstić information content (AvgIpc) is 1.96. The quantitative estimate of drug-likeness (QED) is 0.738. The first-order valence-electron chi connectivity index (χ1n) is 4.59. The molecule has 0 aromatic carbocycles. The highest BCUT2D eigenvalue weighted by atomic mass is 19.3. The largest absolute Gasteiger partial charge is 0.378 e. The molecule has 0 atom stereocenters. The fourth-order valence-corrected chi connectivity index (χ4v) is 1.69. The number of halogens is 2. The summed E-state index contributed by atoms with van der Waals surface area (Å²) in [6.07, 6.45) is -0.162. The lowest BCUT2D eigenvalue weighted by Crippen LogP contribution is -2.53. The minimum Gasteiger partial charge on any atom is -0.378 e. The Kier molecular flexibility index (Phi) is 2.92. The minimum atomic E-state index is -2.51. The fourth-order valence-electron chi connectivity index (χ4n) is 1.69. The molecule has 0 amide bonds. The van der Waals surface area contributed by atoms with Crippen molar-refractivity contribution in [2.75, 3.05) is 13.2 Å². The predicted molar refractivity (Wildman–Crippen MR) is 46.8 cm³/mol. The van der Waals surface area contributed by atoms with Gasteiger partial charge in [-0.25, -0.2) is 8.78 Å². The summed E-state index contributed by atoms with van der Waals surface area (Å²) in [7, 11) is 0. The third kappa shape index (κ3) is 2.61.